The molecule has 2 aromatic rings. The number of aliphatic hydroxyl groups is 2. The molecule has 0 aliphatic carbocycles. The van der Waals surface area contributed by atoms with Crippen LogP contribution in [-0.4, -0.2) is 135 Å². The van der Waals surface area contributed by atoms with E-state index in [2.05, 4.69) is 21.3 Å². The summed E-state index contributed by atoms with van der Waals surface area (Å²) in [5.41, 5.74) is 4.01. The number of unbranched alkanes of at least 4 members (excludes halogenated alkanes) is 13. The molecule has 4 amide bonds. The summed E-state index contributed by atoms with van der Waals surface area (Å²) >= 11 is 0. The second-order valence-electron chi connectivity index (χ2n) is 19.5. The Kier molecular flexibility index (Phi) is 36.3. The molecule has 0 fully saturated rings. The molecule has 0 spiro atoms. The van der Waals surface area contributed by atoms with E-state index in [0.29, 0.717) is 25.8 Å². The number of aryl methyl sites for hydroxylation is 1. The van der Waals surface area contributed by atoms with Crippen molar-refractivity contribution in [2.24, 2.45) is 0 Å². The molecule has 0 saturated heterocycles. The van der Waals surface area contributed by atoms with Gasteiger partial charge in [0.05, 0.1) is 52.9 Å². The number of hydrogen-bond acceptors (Lipinski definition) is 13. The van der Waals surface area contributed by atoms with Gasteiger partial charge in [0.15, 0.2) is 0 Å². The fraction of sp³-hybridized carbons (Fsp3) is 0.679. The molecule has 7 N–H and O–H groups in total. The summed E-state index contributed by atoms with van der Waals surface area (Å²) in [5.74, 6) is -2.38. The van der Waals surface area contributed by atoms with Crippen LogP contribution in [0.1, 0.15) is 159 Å². The Morgan fingerprint density at radius 3 is 1.50 bits per heavy atom. The number of benzene rings is 2. The first-order valence-electron chi connectivity index (χ1n) is 27.0. The smallest absolute Gasteiger partial charge is 0.329 e. The van der Waals surface area contributed by atoms with Crippen molar-refractivity contribution in [3.05, 3.63) is 59.2 Å². The second-order valence-corrected chi connectivity index (χ2v) is 19.5. The lowest BCUT2D eigenvalue weighted by Gasteiger charge is -2.24. The van der Waals surface area contributed by atoms with Crippen molar-refractivity contribution in [3.8, 4) is 11.1 Å². The minimum Gasteiger partial charge on any atom is -0.481 e. The fourth-order valence-corrected chi connectivity index (χ4v) is 7.86. The van der Waals surface area contributed by atoms with Crippen LogP contribution in [0.25, 0.3) is 11.1 Å². The summed E-state index contributed by atoms with van der Waals surface area (Å²) < 4.78 is 27.3. The van der Waals surface area contributed by atoms with E-state index in [1.807, 2.05) is 42.5 Å². The molecule has 18 nitrogen and oxygen atoms in total. The van der Waals surface area contributed by atoms with Crippen LogP contribution in [0.3, 0.4) is 0 Å². The van der Waals surface area contributed by atoms with Gasteiger partial charge in [-0.25, -0.2) is 4.79 Å². The van der Waals surface area contributed by atoms with Crippen molar-refractivity contribution >= 4 is 35.6 Å². The number of rotatable bonds is 45. The summed E-state index contributed by atoms with van der Waals surface area (Å²) in [4.78, 5) is 73.2. The number of aliphatic hydroxyl groups excluding tert-OH is 2. The van der Waals surface area contributed by atoms with Crippen LogP contribution in [-0.2, 0) is 72.1 Å². The molecule has 1 unspecified atom stereocenters. The standard InChI is InChI=1S/C56H90N4O14/c1-56(2,3)74-55(69)49(60-51(64)20-16-14-12-10-8-6-4-5-7-9-11-13-15-17-21-54(67)68)28-29-50(63)58-31-33-70-35-38-73-43-53(66)59-32-34-71-36-37-72-42-52(65)57-30-18-19-47-39-45(41-62)24-27-48(47)46-25-22-44(40-61)23-26-46/h22-27,39,49,61-62H,4-21,28-38,40-43H2,1-3H3,(H,57,65)(H,58,63)(H,59,66)(H,60,64)(H,67,68). The third-order valence-electron chi connectivity index (χ3n) is 11.8. The predicted octanol–water partition coefficient (Wildman–Crippen LogP) is 6.62. The largest absolute Gasteiger partial charge is 0.481 e. The number of carbonyl (C=O) groups excluding carboxylic acids is 5. The number of amides is 4. The number of hydrogen-bond donors (Lipinski definition) is 7. The molecule has 0 radical (unpaired) electrons. The first-order chi connectivity index (χ1) is 35.7. The molecular weight excluding hydrogens is 953 g/mol. The predicted molar refractivity (Wildman–Crippen MR) is 283 cm³/mol. The van der Waals surface area contributed by atoms with Crippen molar-refractivity contribution in [1.82, 2.24) is 21.3 Å². The molecule has 2 rings (SSSR count). The maximum absolute atomic E-state index is 12.9. The Bertz CT molecular complexity index is 1870. The zero-order chi connectivity index (χ0) is 54.1. The summed E-state index contributed by atoms with van der Waals surface area (Å²) in [7, 11) is 0. The second kappa shape index (κ2) is 41.3. The molecule has 0 aliphatic heterocycles. The van der Waals surface area contributed by atoms with Gasteiger partial charge in [-0.3, -0.25) is 24.0 Å². The van der Waals surface area contributed by atoms with Gasteiger partial charge in [-0.15, -0.1) is 0 Å². The van der Waals surface area contributed by atoms with Gasteiger partial charge in [0.1, 0.15) is 24.9 Å². The maximum Gasteiger partial charge on any atom is 0.329 e. The maximum atomic E-state index is 12.9. The van der Waals surface area contributed by atoms with Crippen LogP contribution in [0.4, 0.5) is 0 Å². The highest BCUT2D eigenvalue weighted by atomic mass is 16.6. The number of nitrogens with one attached hydrogen (secondary N) is 4. The van der Waals surface area contributed by atoms with Gasteiger partial charge in [-0.1, -0.05) is 120 Å². The Balaban J connectivity index is 1.44. The first kappa shape index (κ1) is 65.1. The van der Waals surface area contributed by atoms with Gasteiger partial charge in [-0.2, -0.15) is 0 Å². The highest BCUT2D eigenvalue weighted by Gasteiger charge is 2.27. The molecule has 74 heavy (non-hydrogen) atoms. The molecule has 0 heterocycles. The average Bonchev–Trinajstić information content (AvgIpc) is 3.37. The van der Waals surface area contributed by atoms with Crippen molar-refractivity contribution in [1.29, 1.82) is 0 Å². The van der Waals surface area contributed by atoms with Gasteiger partial charge in [0.2, 0.25) is 23.6 Å². The zero-order valence-corrected chi connectivity index (χ0v) is 44.8. The summed E-state index contributed by atoms with van der Waals surface area (Å²) in [6, 6.07) is 12.6. The third-order valence-corrected chi connectivity index (χ3v) is 11.8. The van der Waals surface area contributed by atoms with Crippen LogP contribution in [0.15, 0.2) is 42.5 Å². The van der Waals surface area contributed by atoms with Gasteiger partial charge in [0.25, 0.3) is 0 Å². The van der Waals surface area contributed by atoms with E-state index in [4.69, 9.17) is 28.8 Å². The molecule has 0 aromatic heterocycles. The van der Waals surface area contributed by atoms with Crippen LogP contribution in [0.2, 0.25) is 0 Å². The van der Waals surface area contributed by atoms with Crippen molar-refractivity contribution in [2.45, 2.75) is 174 Å². The number of carboxylic acids is 1. The van der Waals surface area contributed by atoms with Gasteiger partial charge >= 0.3 is 11.9 Å². The quantitative estimate of drug-likeness (QED) is 0.0272. The SMILES string of the molecule is CC(C)(C)OC(=O)C(CCC(=O)NCCOCCOCC(=O)NCCOCCOCC(=O)NCCCc1cc(CO)ccc1-c1ccc(CO)cc1)NC(=O)CCCCCCCCCCCCCCCCC(=O)O. The highest BCUT2D eigenvalue weighted by molar-refractivity contribution is 5.85. The topological polar surface area (TPSA) is 257 Å². The van der Waals surface area contributed by atoms with E-state index >= 15 is 0 Å². The summed E-state index contributed by atoms with van der Waals surface area (Å²) in [5, 5.41) is 38.8. The Morgan fingerprint density at radius 1 is 0.514 bits per heavy atom. The zero-order valence-electron chi connectivity index (χ0n) is 44.8. The van der Waals surface area contributed by atoms with Gasteiger partial charge in [-0.05, 0) is 80.7 Å². The number of carboxylic acid groups (broad SMARTS) is 1. The average molecular weight is 1040 g/mol. The number of esters is 1. The lowest BCUT2D eigenvalue weighted by molar-refractivity contribution is -0.159. The Labute approximate surface area is 440 Å². The number of carbonyl (C=O) groups is 6. The molecule has 418 valence electrons. The molecule has 2 aromatic carbocycles. The minimum atomic E-state index is -0.943. The lowest BCUT2D eigenvalue weighted by atomic mass is 9.94. The van der Waals surface area contributed by atoms with Gasteiger partial charge in [0, 0.05) is 38.9 Å². The van der Waals surface area contributed by atoms with Crippen molar-refractivity contribution in [2.75, 3.05) is 72.5 Å². The van der Waals surface area contributed by atoms with E-state index in [9.17, 15) is 39.0 Å². The summed E-state index contributed by atoms with van der Waals surface area (Å²) in [6.07, 6.45) is 17.2. The van der Waals surface area contributed by atoms with Crippen LogP contribution in [0.5, 0.6) is 0 Å². The van der Waals surface area contributed by atoms with E-state index < -0.39 is 23.6 Å². The van der Waals surface area contributed by atoms with Crippen molar-refractivity contribution in [3.63, 3.8) is 0 Å². The third kappa shape index (κ3) is 34.5. The minimum absolute atomic E-state index is 0.00694. The lowest BCUT2D eigenvalue weighted by Crippen LogP contribution is -2.44. The van der Waals surface area contributed by atoms with Crippen LogP contribution in [0, 0.1) is 0 Å². The molecule has 0 saturated carbocycles. The molecule has 0 aliphatic rings. The Morgan fingerprint density at radius 2 is 0.986 bits per heavy atom. The molecular formula is C56H90N4O14. The van der Waals surface area contributed by atoms with E-state index in [-0.39, 0.29) is 122 Å². The normalized spacial score (nSPS) is 11.7. The molecule has 1 atom stereocenters. The van der Waals surface area contributed by atoms with Crippen LogP contribution >= 0.6 is 0 Å². The van der Waals surface area contributed by atoms with E-state index in [1.54, 1.807) is 20.8 Å². The molecule has 18 heteroatoms. The van der Waals surface area contributed by atoms with Gasteiger partial charge < -0.3 is 60.3 Å². The summed E-state index contributed by atoms with van der Waals surface area (Å²) in [6.45, 7) is 7.17. The monoisotopic (exact) mass is 1040 g/mol. The fourth-order valence-electron chi connectivity index (χ4n) is 7.86. The number of aliphatic carboxylic acids is 1. The first-order valence-corrected chi connectivity index (χ1v) is 27.0. The highest BCUT2D eigenvalue weighted by Crippen LogP contribution is 2.27. The Hall–Kier alpha value is -4.98. The number of ether oxygens (including phenoxy) is 5. The molecule has 0 bridgehead atoms. The van der Waals surface area contributed by atoms with Crippen LogP contribution < -0.4 is 21.3 Å². The van der Waals surface area contributed by atoms with Crippen molar-refractivity contribution < 1.29 is 67.8 Å². The van der Waals surface area contributed by atoms with E-state index in [1.165, 1.54) is 44.9 Å². The van der Waals surface area contributed by atoms with E-state index in [0.717, 1.165) is 72.8 Å².